The van der Waals surface area contributed by atoms with E-state index in [1.54, 1.807) is 0 Å². The van der Waals surface area contributed by atoms with Crippen LogP contribution in [0.2, 0.25) is 5.02 Å². The molecule has 1 aromatic carbocycles. The second-order valence-electron chi connectivity index (χ2n) is 3.08. The van der Waals surface area contributed by atoms with Crippen LogP contribution in [0.4, 0.5) is 4.39 Å². The molecule has 80 valence electrons. The highest BCUT2D eigenvalue weighted by Gasteiger charge is 2.07. The van der Waals surface area contributed by atoms with Crippen LogP contribution < -0.4 is 0 Å². The molecular formula is C11H6ClFN2O. The first-order valence-electron chi connectivity index (χ1n) is 4.43. The van der Waals surface area contributed by atoms with Crippen molar-refractivity contribution in [3.63, 3.8) is 0 Å². The number of hydrogen-bond acceptors (Lipinski definition) is 3. The molecule has 0 aliphatic rings. The third kappa shape index (κ3) is 2.06. The van der Waals surface area contributed by atoms with Crippen LogP contribution in [0.1, 0.15) is 10.4 Å². The van der Waals surface area contributed by atoms with E-state index in [-0.39, 0.29) is 5.02 Å². The SMILES string of the molecule is O=Cc1cnc(-c2ccc(F)cc2Cl)nc1. The normalized spacial score (nSPS) is 10.1. The van der Waals surface area contributed by atoms with Crippen LogP contribution in [0.25, 0.3) is 11.4 Å². The highest BCUT2D eigenvalue weighted by atomic mass is 35.5. The van der Waals surface area contributed by atoms with Crippen molar-refractivity contribution in [1.29, 1.82) is 0 Å². The molecule has 5 heteroatoms. The Hall–Kier alpha value is -1.81. The molecule has 0 fully saturated rings. The zero-order chi connectivity index (χ0) is 11.5. The zero-order valence-electron chi connectivity index (χ0n) is 8.02. The van der Waals surface area contributed by atoms with Gasteiger partial charge in [-0.3, -0.25) is 4.79 Å². The van der Waals surface area contributed by atoms with E-state index in [9.17, 15) is 9.18 Å². The van der Waals surface area contributed by atoms with E-state index < -0.39 is 5.82 Å². The van der Waals surface area contributed by atoms with Gasteiger partial charge in [0.15, 0.2) is 12.1 Å². The van der Waals surface area contributed by atoms with Crippen LogP contribution in [-0.4, -0.2) is 16.3 Å². The minimum absolute atomic E-state index is 0.235. The number of aromatic nitrogens is 2. The monoisotopic (exact) mass is 236 g/mol. The fraction of sp³-hybridized carbons (Fsp3) is 0. The zero-order valence-corrected chi connectivity index (χ0v) is 8.78. The van der Waals surface area contributed by atoms with Gasteiger partial charge in [-0.2, -0.15) is 0 Å². The van der Waals surface area contributed by atoms with Gasteiger partial charge in [0.1, 0.15) is 5.82 Å². The maximum atomic E-state index is 12.8. The standard InChI is InChI=1S/C11H6ClFN2O/c12-10-3-8(13)1-2-9(10)11-14-4-7(6-16)5-15-11/h1-6H. The summed E-state index contributed by atoms with van der Waals surface area (Å²) in [5, 5.41) is 0.235. The highest BCUT2D eigenvalue weighted by molar-refractivity contribution is 6.33. The van der Waals surface area contributed by atoms with Gasteiger partial charge in [0.2, 0.25) is 0 Å². The Morgan fingerprint density at radius 2 is 1.94 bits per heavy atom. The first kappa shape index (κ1) is 10.7. The molecule has 0 aliphatic heterocycles. The fourth-order valence-corrected chi connectivity index (χ4v) is 1.46. The molecule has 0 aliphatic carbocycles. The van der Waals surface area contributed by atoms with Crippen molar-refractivity contribution in [1.82, 2.24) is 9.97 Å². The molecule has 2 rings (SSSR count). The number of carbonyl (C=O) groups excluding carboxylic acids is 1. The Morgan fingerprint density at radius 3 is 2.50 bits per heavy atom. The maximum absolute atomic E-state index is 12.8. The van der Waals surface area contributed by atoms with E-state index in [1.807, 2.05) is 0 Å². The number of carbonyl (C=O) groups is 1. The largest absolute Gasteiger partial charge is 0.298 e. The van der Waals surface area contributed by atoms with Crippen LogP contribution in [0.5, 0.6) is 0 Å². The smallest absolute Gasteiger partial charge is 0.160 e. The summed E-state index contributed by atoms with van der Waals surface area (Å²) in [5.74, 6) is -0.0612. The molecule has 0 saturated carbocycles. The summed E-state index contributed by atoms with van der Waals surface area (Å²) in [6.45, 7) is 0. The molecule has 0 saturated heterocycles. The van der Waals surface area contributed by atoms with Crippen LogP contribution in [0.3, 0.4) is 0 Å². The van der Waals surface area contributed by atoms with E-state index in [2.05, 4.69) is 9.97 Å². The minimum Gasteiger partial charge on any atom is -0.298 e. The summed E-state index contributed by atoms with van der Waals surface area (Å²) in [4.78, 5) is 18.3. The molecule has 1 heterocycles. The summed E-state index contributed by atoms with van der Waals surface area (Å²) in [7, 11) is 0. The van der Waals surface area contributed by atoms with Gasteiger partial charge in [-0.05, 0) is 18.2 Å². The summed E-state index contributed by atoms with van der Waals surface area (Å²) in [6, 6.07) is 3.96. The minimum atomic E-state index is -0.418. The summed E-state index contributed by atoms with van der Waals surface area (Å²) in [5.41, 5.74) is 0.905. The van der Waals surface area contributed by atoms with Crippen molar-refractivity contribution in [3.05, 3.63) is 47.0 Å². The Morgan fingerprint density at radius 1 is 1.25 bits per heavy atom. The Bertz CT molecular complexity index is 528. The van der Waals surface area contributed by atoms with Crippen molar-refractivity contribution in [2.24, 2.45) is 0 Å². The molecule has 0 spiro atoms. The molecule has 0 N–H and O–H groups in total. The van der Waals surface area contributed by atoms with E-state index in [0.29, 0.717) is 23.2 Å². The Labute approximate surface area is 95.9 Å². The fourth-order valence-electron chi connectivity index (χ4n) is 1.21. The molecule has 0 unspecified atom stereocenters. The predicted octanol–water partition coefficient (Wildman–Crippen LogP) is 2.75. The van der Waals surface area contributed by atoms with Crippen molar-refractivity contribution < 1.29 is 9.18 Å². The number of nitrogens with zero attached hydrogens (tertiary/aromatic N) is 2. The third-order valence-corrected chi connectivity index (χ3v) is 2.29. The highest BCUT2D eigenvalue weighted by Crippen LogP contribution is 2.25. The predicted molar refractivity (Wildman–Crippen MR) is 57.8 cm³/mol. The van der Waals surface area contributed by atoms with E-state index in [4.69, 9.17) is 11.6 Å². The summed E-state index contributed by atoms with van der Waals surface area (Å²) >= 11 is 5.85. The summed E-state index contributed by atoms with van der Waals surface area (Å²) < 4.78 is 12.8. The quantitative estimate of drug-likeness (QED) is 0.753. The molecule has 3 nitrogen and oxygen atoms in total. The second-order valence-corrected chi connectivity index (χ2v) is 3.49. The van der Waals surface area contributed by atoms with Crippen molar-refractivity contribution in [3.8, 4) is 11.4 Å². The van der Waals surface area contributed by atoms with E-state index in [1.165, 1.54) is 30.6 Å². The van der Waals surface area contributed by atoms with Gasteiger partial charge in [-0.1, -0.05) is 11.6 Å². The number of hydrogen-bond donors (Lipinski definition) is 0. The number of rotatable bonds is 2. The number of halogens is 2. The lowest BCUT2D eigenvalue weighted by atomic mass is 10.2. The molecule has 0 amide bonds. The number of aldehydes is 1. The topological polar surface area (TPSA) is 42.9 Å². The van der Waals surface area contributed by atoms with Gasteiger partial charge >= 0.3 is 0 Å². The molecule has 0 bridgehead atoms. The van der Waals surface area contributed by atoms with Gasteiger partial charge in [-0.15, -0.1) is 0 Å². The van der Waals surface area contributed by atoms with Crippen LogP contribution in [0, 0.1) is 5.82 Å². The van der Waals surface area contributed by atoms with Crippen LogP contribution in [0.15, 0.2) is 30.6 Å². The van der Waals surface area contributed by atoms with Crippen molar-refractivity contribution in [2.45, 2.75) is 0 Å². The second kappa shape index (κ2) is 4.37. The average molecular weight is 237 g/mol. The van der Waals surface area contributed by atoms with Gasteiger partial charge in [0, 0.05) is 18.0 Å². The van der Waals surface area contributed by atoms with Gasteiger partial charge < -0.3 is 0 Å². The average Bonchev–Trinajstić information content (AvgIpc) is 2.29. The first-order valence-corrected chi connectivity index (χ1v) is 4.81. The molecular weight excluding hydrogens is 231 g/mol. The van der Waals surface area contributed by atoms with Crippen molar-refractivity contribution in [2.75, 3.05) is 0 Å². The van der Waals surface area contributed by atoms with E-state index in [0.717, 1.165) is 0 Å². The lowest BCUT2D eigenvalue weighted by Gasteiger charge is -2.02. The maximum Gasteiger partial charge on any atom is 0.160 e. The van der Waals surface area contributed by atoms with Gasteiger partial charge in [0.25, 0.3) is 0 Å². The Balaban J connectivity index is 2.46. The van der Waals surface area contributed by atoms with Gasteiger partial charge in [-0.25, -0.2) is 14.4 Å². The third-order valence-electron chi connectivity index (χ3n) is 1.98. The van der Waals surface area contributed by atoms with Gasteiger partial charge in [0.05, 0.1) is 10.6 Å². The Kier molecular flexibility index (Phi) is 2.92. The molecule has 1 aromatic heterocycles. The summed E-state index contributed by atoms with van der Waals surface area (Å²) in [6.07, 6.45) is 3.42. The molecule has 16 heavy (non-hydrogen) atoms. The van der Waals surface area contributed by atoms with Crippen LogP contribution >= 0.6 is 11.6 Å². The number of benzene rings is 1. The first-order chi connectivity index (χ1) is 7.70. The molecule has 0 atom stereocenters. The molecule has 2 aromatic rings. The van der Waals surface area contributed by atoms with Crippen LogP contribution in [-0.2, 0) is 0 Å². The van der Waals surface area contributed by atoms with Crippen molar-refractivity contribution >= 4 is 17.9 Å². The molecule has 0 radical (unpaired) electrons. The van der Waals surface area contributed by atoms with E-state index >= 15 is 0 Å². The lowest BCUT2D eigenvalue weighted by molar-refractivity contribution is 0.112. The lowest BCUT2D eigenvalue weighted by Crippen LogP contribution is -1.92.